The first-order valence-corrected chi connectivity index (χ1v) is 8.59. The van der Waals surface area contributed by atoms with Crippen molar-refractivity contribution in [2.24, 2.45) is 5.10 Å². The number of hydrogen-bond donors (Lipinski definition) is 3. The number of aryl methyl sites for hydroxylation is 1. The van der Waals surface area contributed by atoms with E-state index in [1.54, 1.807) is 12.1 Å². The minimum Gasteiger partial charge on any atom is -0.506 e. The maximum absolute atomic E-state index is 12.0. The Bertz CT molecular complexity index is 723. The number of nitrogen functional groups attached to an aromatic ring is 1. The first kappa shape index (κ1) is 16.9. The van der Waals surface area contributed by atoms with Gasteiger partial charge < -0.3 is 10.8 Å². The number of benzene rings is 1. The van der Waals surface area contributed by atoms with Crippen LogP contribution in [0.15, 0.2) is 26.2 Å². The summed E-state index contributed by atoms with van der Waals surface area (Å²) in [5.74, 6) is -0.242. The van der Waals surface area contributed by atoms with Crippen LogP contribution < -0.4 is 11.2 Å². The lowest BCUT2D eigenvalue weighted by Crippen LogP contribution is -2.17. The molecular formula is C13H12Br2N4O2S. The number of amides is 1. The number of thiazole rings is 1. The van der Waals surface area contributed by atoms with Crippen molar-refractivity contribution in [3.05, 3.63) is 37.2 Å². The standard InChI is InChI=1S/C13H12Br2N4O2S/c1-2-9-11(22-13(16)18-9)12(21)19-17-5-6-3-7(14)10(20)8(15)4-6/h3-5,20H,2H2,1H3,(H2,16,18)(H,19,21). The Kier molecular flexibility index (Phi) is 5.54. The van der Waals surface area contributed by atoms with E-state index in [1.807, 2.05) is 6.92 Å². The fourth-order valence-corrected chi connectivity index (χ4v) is 3.70. The van der Waals surface area contributed by atoms with Crippen molar-refractivity contribution in [3.8, 4) is 5.75 Å². The van der Waals surface area contributed by atoms with Crippen molar-refractivity contribution in [3.63, 3.8) is 0 Å². The Morgan fingerprint density at radius 1 is 1.50 bits per heavy atom. The molecule has 0 bridgehead atoms. The quantitative estimate of drug-likeness (QED) is 0.494. The summed E-state index contributed by atoms with van der Waals surface area (Å²) in [7, 11) is 0. The minimum absolute atomic E-state index is 0.105. The number of carbonyl (C=O) groups is 1. The third kappa shape index (κ3) is 3.84. The Balaban J connectivity index is 2.10. The number of hydrazone groups is 1. The highest BCUT2D eigenvalue weighted by atomic mass is 79.9. The number of nitrogens with one attached hydrogen (secondary N) is 1. The van der Waals surface area contributed by atoms with Crippen molar-refractivity contribution in [1.29, 1.82) is 0 Å². The van der Waals surface area contributed by atoms with E-state index in [9.17, 15) is 9.90 Å². The molecule has 4 N–H and O–H groups in total. The zero-order valence-electron chi connectivity index (χ0n) is 11.4. The van der Waals surface area contributed by atoms with Gasteiger partial charge >= 0.3 is 0 Å². The zero-order chi connectivity index (χ0) is 16.3. The Labute approximate surface area is 147 Å². The van der Waals surface area contributed by atoms with Crippen molar-refractivity contribution in [2.45, 2.75) is 13.3 Å². The van der Waals surface area contributed by atoms with Gasteiger partial charge in [-0.2, -0.15) is 5.10 Å². The summed E-state index contributed by atoms with van der Waals surface area (Å²) in [4.78, 5) is 16.6. The fourth-order valence-electron chi connectivity index (χ4n) is 1.66. The molecule has 6 nitrogen and oxygen atoms in total. The van der Waals surface area contributed by atoms with Crippen molar-refractivity contribution in [1.82, 2.24) is 10.4 Å². The van der Waals surface area contributed by atoms with Gasteiger partial charge in [0.25, 0.3) is 5.91 Å². The van der Waals surface area contributed by atoms with Crippen LogP contribution in [0.4, 0.5) is 5.13 Å². The second-order valence-corrected chi connectivity index (χ2v) is 6.95. The van der Waals surface area contributed by atoms with Gasteiger partial charge in [-0.1, -0.05) is 18.3 Å². The lowest BCUT2D eigenvalue weighted by Gasteiger charge is -2.02. The lowest BCUT2D eigenvalue weighted by atomic mass is 10.2. The monoisotopic (exact) mass is 446 g/mol. The third-order valence-corrected chi connectivity index (χ3v) is 4.81. The number of aromatic hydroxyl groups is 1. The van der Waals surface area contributed by atoms with Gasteiger partial charge in [0.15, 0.2) is 5.13 Å². The molecular weight excluding hydrogens is 436 g/mol. The molecule has 0 saturated carbocycles. The van der Waals surface area contributed by atoms with Crippen LogP contribution in [0.5, 0.6) is 5.75 Å². The van der Waals surface area contributed by atoms with Gasteiger partial charge in [0, 0.05) is 0 Å². The fraction of sp³-hybridized carbons (Fsp3) is 0.154. The van der Waals surface area contributed by atoms with Crippen molar-refractivity contribution < 1.29 is 9.90 Å². The lowest BCUT2D eigenvalue weighted by molar-refractivity contribution is 0.0958. The number of phenolic OH excluding ortho intramolecular Hbond substituents is 1. The van der Waals surface area contributed by atoms with E-state index in [0.717, 1.165) is 11.3 Å². The Hall–Kier alpha value is -1.45. The molecule has 0 aliphatic rings. The molecule has 2 aromatic rings. The van der Waals surface area contributed by atoms with E-state index in [2.05, 4.69) is 47.4 Å². The van der Waals surface area contributed by atoms with E-state index in [1.165, 1.54) is 6.21 Å². The number of nitrogens with two attached hydrogens (primary N) is 1. The van der Waals surface area contributed by atoms with E-state index in [0.29, 0.717) is 36.6 Å². The van der Waals surface area contributed by atoms with Gasteiger partial charge in [-0.25, -0.2) is 10.4 Å². The molecule has 2 rings (SSSR count). The molecule has 0 aliphatic heterocycles. The average molecular weight is 448 g/mol. The first-order chi connectivity index (χ1) is 10.4. The molecule has 116 valence electrons. The average Bonchev–Trinajstić information content (AvgIpc) is 2.85. The molecule has 9 heteroatoms. The second-order valence-electron chi connectivity index (χ2n) is 4.21. The van der Waals surface area contributed by atoms with Gasteiger partial charge in [-0.15, -0.1) is 0 Å². The molecule has 1 aromatic heterocycles. The molecule has 1 heterocycles. The van der Waals surface area contributed by atoms with E-state index >= 15 is 0 Å². The molecule has 0 saturated heterocycles. The molecule has 0 radical (unpaired) electrons. The predicted molar refractivity (Wildman–Crippen MR) is 94.5 cm³/mol. The van der Waals surface area contributed by atoms with Crippen molar-refractivity contribution in [2.75, 3.05) is 5.73 Å². The molecule has 1 amide bonds. The van der Waals surface area contributed by atoms with Crippen LogP contribution in [0.25, 0.3) is 0 Å². The van der Waals surface area contributed by atoms with Crippen molar-refractivity contribution >= 4 is 60.5 Å². The maximum Gasteiger partial charge on any atom is 0.283 e. The SMILES string of the molecule is CCc1nc(N)sc1C(=O)NN=Cc1cc(Br)c(O)c(Br)c1. The zero-order valence-corrected chi connectivity index (χ0v) is 15.4. The van der Waals surface area contributed by atoms with Crippen LogP contribution in [-0.2, 0) is 6.42 Å². The van der Waals surface area contributed by atoms with Crippen LogP contribution in [-0.4, -0.2) is 22.2 Å². The Morgan fingerprint density at radius 3 is 2.73 bits per heavy atom. The van der Waals surface area contributed by atoms with Gasteiger partial charge in [-0.05, 0) is 56.0 Å². The number of halogens is 2. The highest BCUT2D eigenvalue weighted by Crippen LogP contribution is 2.32. The summed E-state index contributed by atoms with van der Waals surface area (Å²) in [5, 5.41) is 13.9. The first-order valence-electron chi connectivity index (χ1n) is 6.19. The normalized spacial score (nSPS) is 11.0. The van der Waals surface area contributed by atoms with E-state index in [-0.39, 0.29) is 11.7 Å². The van der Waals surface area contributed by atoms with Gasteiger partial charge in [0.05, 0.1) is 20.9 Å². The minimum atomic E-state index is -0.348. The number of aromatic nitrogens is 1. The number of phenols is 1. The number of rotatable bonds is 4. The van der Waals surface area contributed by atoms with Gasteiger partial charge in [0.1, 0.15) is 10.6 Å². The van der Waals surface area contributed by atoms with Crippen LogP contribution in [0.3, 0.4) is 0 Å². The van der Waals surface area contributed by atoms with E-state index < -0.39 is 0 Å². The summed E-state index contributed by atoms with van der Waals surface area (Å²) >= 11 is 7.59. The van der Waals surface area contributed by atoms with Gasteiger partial charge in [0.2, 0.25) is 0 Å². The summed E-state index contributed by atoms with van der Waals surface area (Å²) in [6.45, 7) is 1.90. The highest BCUT2D eigenvalue weighted by molar-refractivity contribution is 9.11. The smallest absolute Gasteiger partial charge is 0.283 e. The number of nitrogens with zero attached hydrogens (tertiary/aromatic N) is 2. The maximum atomic E-state index is 12.0. The van der Waals surface area contributed by atoms with Crippen LogP contribution >= 0.6 is 43.2 Å². The topological polar surface area (TPSA) is 101 Å². The largest absolute Gasteiger partial charge is 0.506 e. The molecule has 0 spiro atoms. The van der Waals surface area contributed by atoms with E-state index in [4.69, 9.17) is 5.73 Å². The third-order valence-electron chi connectivity index (χ3n) is 2.67. The predicted octanol–water partition coefficient (Wildman–Crippen LogP) is 3.28. The molecule has 0 unspecified atom stereocenters. The highest BCUT2D eigenvalue weighted by Gasteiger charge is 2.15. The van der Waals surface area contributed by atoms with Crippen LogP contribution in [0.1, 0.15) is 27.9 Å². The summed E-state index contributed by atoms with van der Waals surface area (Å²) in [6, 6.07) is 3.36. The van der Waals surface area contributed by atoms with Crippen LogP contribution in [0, 0.1) is 0 Å². The number of hydrogen-bond acceptors (Lipinski definition) is 6. The molecule has 0 atom stereocenters. The number of carbonyl (C=O) groups excluding carboxylic acids is 1. The summed E-state index contributed by atoms with van der Waals surface area (Å²) < 4.78 is 1.05. The molecule has 0 fully saturated rings. The summed E-state index contributed by atoms with van der Waals surface area (Å²) in [6.07, 6.45) is 2.10. The second kappa shape index (κ2) is 7.21. The molecule has 1 aromatic carbocycles. The van der Waals surface area contributed by atoms with Gasteiger partial charge in [-0.3, -0.25) is 4.79 Å². The molecule has 0 aliphatic carbocycles. The molecule has 22 heavy (non-hydrogen) atoms. The number of anilines is 1. The summed E-state index contributed by atoms with van der Waals surface area (Å²) in [5.41, 5.74) is 9.42. The van der Waals surface area contributed by atoms with Crippen LogP contribution in [0.2, 0.25) is 0 Å². The Morgan fingerprint density at radius 2 is 2.14 bits per heavy atom.